The van der Waals surface area contributed by atoms with E-state index in [-0.39, 0.29) is 23.9 Å². The molecular formula is C22H23N3O5S. The van der Waals surface area contributed by atoms with Gasteiger partial charge in [0, 0.05) is 11.3 Å². The number of benzene rings is 3. The highest BCUT2D eigenvalue weighted by atomic mass is 32.3. The number of anilines is 2. The Morgan fingerprint density at radius 2 is 1.77 bits per heavy atom. The molecule has 0 radical (unpaired) electrons. The van der Waals surface area contributed by atoms with Gasteiger partial charge in [-0.2, -0.15) is 4.72 Å². The number of nitrogens with one attached hydrogen (secondary N) is 2. The zero-order valence-corrected chi connectivity index (χ0v) is 17.3. The van der Waals surface area contributed by atoms with Crippen LogP contribution in [0, 0.1) is 0 Å². The number of phenolic OH excluding ortho intramolecular Hbond substituents is 1. The number of hydrogen-bond donors (Lipinski definition) is 6. The SMILES string of the molecule is O=C(Nc1ccccc1Cc1ccc(N2CC(O)NS2(O)O)c(O)c1)c1ccccc1. The molecule has 4 rings (SSSR count). The third-order valence-electron chi connectivity index (χ3n) is 4.94. The van der Waals surface area contributed by atoms with Crippen molar-refractivity contribution in [3.63, 3.8) is 0 Å². The number of aliphatic hydroxyl groups excluding tert-OH is 1. The van der Waals surface area contributed by atoms with Gasteiger partial charge in [-0.3, -0.25) is 18.2 Å². The first-order valence-corrected chi connectivity index (χ1v) is 11.1. The van der Waals surface area contributed by atoms with Crippen LogP contribution in [-0.4, -0.2) is 38.0 Å². The molecule has 162 valence electrons. The molecule has 1 fully saturated rings. The summed E-state index contributed by atoms with van der Waals surface area (Å²) in [4.78, 5) is 12.5. The first-order valence-electron chi connectivity index (χ1n) is 9.61. The van der Waals surface area contributed by atoms with Crippen LogP contribution in [-0.2, 0) is 6.42 Å². The molecule has 6 N–H and O–H groups in total. The minimum Gasteiger partial charge on any atom is -0.506 e. The molecule has 9 heteroatoms. The van der Waals surface area contributed by atoms with E-state index < -0.39 is 17.2 Å². The summed E-state index contributed by atoms with van der Waals surface area (Å²) in [5.41, 5.74) is 3.06. The third kappa shape index (κ3) is 4.66. The predicted octanol–water partition coefficient (Wildman–Crippen LogP) is 3.54. The largest absolute Gasteiger partial charge is 0.506 e. The monoisotopic (exact) mass is 441 g/mol. The van der Waals surface area contributed by atoms with Crippen LogP contribution in [0.1, 0.15) is 21.5 Å². The number of carbonyl (C=O) groups is 1. The first-order chi connectivity index (χ1) is 14.8. The van der Waals surface area contributed by atoms with E-state index in [0.29, 0.717) is 17.7 Å². The maximum absolute atomic E-state index is 12.5. The minimum atomic E-state index is -3.40. The Morgan fingerprint density at radius 1 is 1.06 bits per heavy atom. The summed E-state index contributed by atoms with van der Waals surface area (Å²) in [6.45, 7) is -0.0659. The average molecular weight is 442 g/mol. The summed E-state index contributed by atoms with van der Waals surface area (Å²) in [6.07, 6.45) is -0.667. The molecule has 1 aliphatic rings. The Labute approximate surface area is 181 Å². The highest BCUT2D eigenvalue weighted by Crippen LogP contribution is 2.49. The Kier molecular flexibility index (Phi) is 5.86. The maximum Gasteiger partial charge on any atom is 0.255 e. The Hall–Kier alpha value is -3.08. The molecule has 3 aromatic carbocycles. The lowest BCUT2D eigenvalue weighted by molar-refractivity contribution is 0.102. The van der Waals surface area contributed by atoms with Gasteiger partial charge in [-0.25, -0.2) is 0 Å². The van der Waals surface area contributed by atoms with Crippen molar-refractivity contribution in [1.29, 1.82) is 0 Å². The fraction of sp³-hybridized carbons (Fsp3) is 0.136. The van der Waals surface area contributed by atoms with E-state index in [4.69, 9.17) is 0 Å². The standard InChI is InChI=1S/C22H23N3O5S/c26-20-13-15(10-11-19(20)25-14-21(27)24-31(25,29)30)12-17-8-4-5-9-18(17)23-22(28)16-6-2-1-3-7-16/h1-11,13,21,24,26-27,29-30H,12,14H2,(H,23,28). The van der Waals surface area contributed by atoms with E-state index in [1.807, 2.05) is 30.3 Å². The van der Waals surface area contributed by atoms with Crippen molar-refractivity contribution >= 4 is 28.2 Å². The normalized spacial score (nSPS) is 18.5. The van der Waals surface area contributed by atoms with Crippen LogP contribution >= 0.6 is 11.0 Å². The van der Waals surface area contributed by atoms with Gasteiger partial charge in [0.25, 0.3) is 5.91 Å². The fourth-order valence-corrected chi connectivity index (χ4v) is 4.81. The fourth-order valence-electron chi connectivity index (χ4n) is 3.47. The molecule has 1 heterocycles. The number of carbonyl (C=O) groups excluding carboxylic acids is 1. The van der Waals surface area contributed by atoms with Gasteiger partial charge >= 0.3 is 0 Å². The molecular weight excluding hydrogens is 418 g/mol. The Bertz CT molecular complexity index is 1090. The van der Waals surface area contributed by atoms with Crippen LogP contribution in [0.2, 0.25) is 0 Å². The topological polar surface area (TPSA) is 125 Å². The predicted molar refractivity (Wildman–Crippen MR) is 121 cm³/mol. The van der Waals surface area contributed by atoms with E-state index >= 15 is 0 Å². The molecule has 0 saturated carbocycles. The molecule has 31 heavy (non-hydrogen) atoms. The minimum absolute atomic E-state index is 0.0659. The van der Waals surface area contributed by atoms with Crippen LogP contribution in [0.15, 0.2) is 72.8 Å². The van der Waals surface area contributed by atoms with Gasteiger partial charge in [-0.05, 0) is 47.9 Å². The van der Waals surface area contributed by atoms with Crippen molar-refractivity contribution < 1.29 is 24.1 Å². The van der Waals surface area contributed by atoms with Gasteiger partial charge < -0.3 is 15.5 Å². The number of aliphatic hydroxyl groups is 1. The van der Waals surface area contributed by atoms with E-state index in [2.05, 4.69) is 10.0 Å². The quantitative estimate of drug-likeness (QED) is 0.358. The second-order valence-electron chi connectivity index (χ2n) is 7.19. The summed E-state index contributed by atoms with van der Waals surface area (Å²) in [5, 5.41) is 23.1. The smallest absolute Gasteiger partial charge is 0.255 e. The Morgan fingerprint density at radius 3 is 2.45 bits per heavy atom. The second kappa shape index (κ2) is 8.58. The number of amides is 1. The zero-order valence-electron chi connectivity index (χ0n) is 16.5. The van der Waals surface area contributed by atoms with E-state index in [1.165, 1.54) is 6.07 Å². The van der Waals surface area contributed by atoms with Crippen molar-refractivity contribution in [2.24, 2.45) is 0 Å². The van der Waals surface area contributed by atoms with E-state index in [0.717, 1.165) is 15.4 Å². The molecule has 0 aromatic heterocycles. The highest BCUT2D eigenvalue weighted by Gasteiger charge is 2.36. The van der Waals surface area contributed by atoms with Crippen LogP contribution in [0.3, 0.4) is 0 Å². The first kappa shape index (κ1) is 21.2. The number of phenols is 1. The summed E-state index contributed by atoms with van der Waals surface area (Å²) < 4.78 is 23.6. The van der Waals surface area contributed by atoms with Gasteiger partial charge in [0.05, 0.1) is 6.54 Å². The van der Waals surface area contributed by atoms with Gasteiger partial charge in [0.2, 0.25) is 0 Å². The Balaban J connectivity index is 1.54. The number of rotatable bonds is 5. The number of aromatic hydroxyl groups is 1. The van der Waals surface area contributed by atoms with Gasteiger partial charge in [-0.15, -0.1) is 0 Å². The lowest BCUT2D eigenvalue weighted by Crippen LogP contribution is -2.25. The highest BCUT2D eigenvalue weighted by molar-refractivity contribution is 8.24. The molecule has 1 unspecified atom stereocenters. The third-order valence-corrected chi connectivity index (χ3v) is 6.49. The molecule has 3 aromatic rings. The molecule has 1 aliphatic heterocycles. The molecule has 0 aliphatic carbocycles. The van der Waals surface area contributed by atoms with Crippen molar-refractivity contribution in [1.82, 2.24) is 4.72 Å². The van der Waals surface area contributed by atoms with Gasteiger partial charge in [0.1, 0.15) is 17.7 Å². The van der Waals surface area contributed by atoms with E-state index in [9.17, 15) is 24.1 Å². The molecule has 8 nitrogen and oxygen atoms in total. The van der Waals surface area contributed by atoms with Crippen LogP contribution in [0.4, 0.5) is 11.4 Å². The van der Waals surface area contributed by atoms with Crippen molar-refractivity contribution in [2.45, 2.75) is 12.6 Å². The van der Waals surface area contributed by atoms with E-state index in [1.54, 1.807) is 36.4 Å². The van der Waals surface area contributed by atoms with Gasteiger partial charge in [0.15, 0.2) is 0 Å². The molecule has 1 saturated heterocycles. The lowest BCUT2D eigenvalue weighted by Gasteiger charge is -2.36. The number of β-amino-alcohol motifs (C(OH)–C–C–N with tert-alkyl or cyclic N) is 1. The zero-order chi connectivity index (χ0) is 22.0. The van der Waals surface area contributed by atoms with Crippen molar-refractivity contribution in [2.75, 3.05) is 16.2 Å². The average Bonchev–Trinajstić information content (AvgIpc) is 3.02. The summed E-state index contributed by atoms with van der Waals surface area (Å²) in [6, 6.07) is 21.2. The summed E-state index contributed by atoms with van der Waals surface area (Å²) in [5.74, 6) is -0.351. The van der Waals surface area contributed by atoms with Gasteiger partial charge in [-0.1, -0.05) is 53.4 Å². The maximum atomic E-state index is 12.5. The molecule has 1 atom stereocenters. The molecule has 1 amide bonds. The summed E-state index contributed by atoms with van der Waals surface area (Å²) >= 11 is 0. The number of nitrogens with zero attached hydrogens (tertiary/aromatic N) is 1. The second-order valence-corrected chi connectivity index (χ2v) is 8.90. The summed E-state index contributed by atoms with van der Waals surface area (Å²) in [7, 11) is -3.40. The van der Waals surface area contributed by atoms with Crippen LogP contribution in [0.25, 0.3) is 0 Å². The van der Waals surface area contributed by atoms with Crippen LogP contribution < -0.4 is 14.3 Å². The van der Waals surface area contributed by atoms with Crippen LogP contribution in [0.5, 0.6) is 5.75 Å². The molecule has 0 spiro atoms. The van der Waals surface area contributed by atoms with Crippen molar-refractivity contribution in [3.05, 3.63) is 89.5 Å². The lowest BCUT2D eigenvalue weighted by atomic mass is 10.0. The number of hydrogen-bond acceptors (Lipinski definition) is 7. The molecule has 0 bridgehead atoms. The number of para-hydroxylation sites is 1. The van der Waals surface area contributed by atoms with Crippen molar-refractivity contribution in [3.8, 4) is 5.75 Å².